The topological polar surface area (TPSA) is 44.5 Å². The first kappa shape index (κ1) is 11.2. The van der Waals surface area contributed by atoms with Gasteiger partial charge in [-0.2, -0.15) is 13.2 Å². The molecule has 1 aliphatic carbocycles. The van der Waals surface area contributed by atoms with Gasteiger partial charge in [0.15, 0.2) is 5.79 Å². The zero-order chi connectivity index (χ0) is 11.1. The molecule has 6 heteroatoms. The summed E-state index contributed by atoms with van der Waals surface area (Å²) in [6.07, 6.45) is -4.00. The van der Waals surface area contributed by atoms with E-state index in [4.69, 9.17) is 15.2 Å². The molecular formula is C9H14F3NO2. The average molecular weight is 225 g/mol. The van der Waals surface area contributed by atoms with Crippen molar-refractivity contribution in [2.24, 2.45) is 11.7 Å². The van der Waals surface area contributed by atoms with Gasteiger partial charge in [0.1, 0.15) is 0 Å². The second-order valence-electron chi connectivity index (χ2n) is 4.25. The summed E-state index contributed by atoms with van der Waals surface area (Å²) >= 11 is 0. The van der Waals surface area contributed by atoms with Gasteiger partial charge in [0.2, 0.25) is 0 Å². The monoisotopic (exact) mass is 225 g/mol. The molecule has 1 heterocycles. The minimum absolute atomic E-state index is 0.0298. The number of alkyl halides is 3. The molecular weight excluding hydrogens is 211 g/mol. The van der Waals surface area contributed by atoms with Crippen LogP contribution in [0.4, 0.5) is 13.2 Å². The highest BCUT2D eigenvalue weighted by Crippen LogP contribution is 2.44. The third-order valence-corrected chi connectivity index (χ3v) is 2.99. The first-order valence-corrected chi connectivity index (χ1v) is 5.01. The van der Waals surface area contributed by atoms with Crippen molar-refractivity contribution in [2.75, 3.05) is 13.2 Å². The van der Waals surface area contributed by atoms with Gasteiger partial charge < -0.3 is 15.2 Å². The van der Waals surface area contributed by atoms with Gasteiger partial charge >= 0.3 is 6.18 Å². The Hall–Kier alpha value is -0.330. The smallest absolute Gasteiger partial charge is 0.347 e. The highest BCUT2D eigenvalue weighted by molar-refractivity contribution is 4.91. The molecule has 2 N–H and O–H groups in total. The summed E-state index contributed by atoms with van der Waals surface area (Å²) in [6, 6.07) is -0.497. The Labute approximate surface area is 85.7 Å². The Bertz CT molecular complexity index is 238. The van der Waals surface area contributed by atoms with Gasteiger partial charge in [-0.3, -0.25) is 0 Å². The SMILES string of the molecule is N[C@H]1C[C@H](C(F)(F)F)CC2(C1)OCCO2. The van der Waals surface area contributed by atoms with E-state index in [0.717, 1.165) is 0 Å². The van der Waals surface area contributed by atoms with Crippen molar-refractivity contribution in [3.8, 4) is 0 Å². The van der Waals surface area contributed by atoms with Gasteiger partial charge in [0, 0.05) is 18.9 Å². The lowest BCUT2D eigenvalue weighted by atomic mass is 9.81. The molecule has 1 saturated carbocycles. The molecule has 0 bridgehead atoms. The van der Waals surface area contributed by atoms with Crippen LogP contribution < -0.4 is 5.73 Å². The van der Waals surface area contributed by atoms with E-state index in [0.29, 0.717) is 19.6 Å². The number of hydrogen-bond donors (Lipinski definition) is 1. The van der Waals surface area contributed by atoms with E-state index in [2.05, 4.69) is 0 Å². The van der Waals surface area contributed by atoms with E-state index in [-0.39, 0.29) is 12.8 Å². The van der Waals surface area contributed by atoms with Crippen molar-refractivity contribution in [1.82, 2.24) is 0 Å². The maximum atomic E-state index is 12.6. The minimum atomic E-state index is -4.21. The van der Waals surface area contributed by atoms with Crippen LogP contribution in [0.3, 0.4) is 0 Å². The van der Waals surface area contributed by atoms with E-state index in [1.54, 1.807) is 0 Å². The van der Waals surface area contributed by atoms with Crippen LogP contribution in [0.5, 0.6) is 0 Å². The van der Waals surface area contributed by atoms with Gasteiger partial charge in [-0.1, -0.05) is 0 Å². The largest absolute Gasteiger partial charge is 0.392 e. The summed E-state index contributed by atoms with van der Waals surface area (Å²) < 4.78 is 48.3. The predicted molar refractivity (Wildman–Crippen MR) is 46.0 cm³/mol. The van der Waals surface area contributed by atoms with Crippen LogP contribution in [0.25, 0.3) is 0 Å². The lowest BCUT2D eigenvalue weighted by Crippen LogP contribution is -2.49. The van der Waals surface area contributed by atoms with Crippen molar-refractivity contribution in [3.63, 3.8) is 0 Å². The molecule has 88 valence electrons. The molecule has 0 amide bonds. The first-order valence-electron chi connectivity index (χ1n) is 5.01. The van der Waals surface area contributed by atoms with Crippen LogP contribution in [0, 0.1) is 5.92 Å². The van der Waals surface area contributed by atoms with Crippen LogP contribution in [-0.4, -0.2) is 31.2 Å². The summed E-state index contributed by atoms with van der Waals surface area (Å²) in [5, 5.41) is 0. The maximum Gasteiger partial charge on any atom is 0.392 e. The van der Waals surface area contributed by atoms with Crippen LogP contribution >= 0.6 is 0 Å². The van der Waals surface area contributed by atoms with Gasteiger partial charge in [-0.15, -0.1) is 0 Å². The molecule has 0 aromatic heterocycles. The summed E-state index contributed by atoms with van der Waals surface area (Å²) in [5.74, 6) is -2.47. The second kappa shape index (κ2) is 3.61. The van der Waals surface area contributed by atoms with Crippen LogP contribution in [0.2, 0.25) is 0 Å². The number of ether oxygens (including phenoxy) is 2. The number of halogens is 3. The van der Waals surface area contributed by atoms with Crippen molar-refractivity contribution in [2.45, 2.75) is 37.3 Å². The van der Waals surface area contributed by atoms with Crippen molar-refractivity contribution < 1.29 is 22.6 Å². The summed E-state index contributed by atoms with van der Waals surface area (Å²) in [7, 11) is 0. The summed E-state index contributed by atoms with van der Waals surface area (Å²) in [4.78, 5) is 0. The van der Waals surface area contributed by atoms with Crippen LogP contribution in [0.15, 0.2) is 0 Å². The molecule has 2 rings (SSSR count). The third-order valence-electron chi connectivity index (χ3n) is 2.99. The van der Waals surface area contributed by atoms with Gasteiger partial charge in [0.25, 0.3) is 0 Å². The average Bonchev–Trinajstić information content (AvgIpc) is 2.50. The molecule has 15 heavy (non-hydrogen) atoms. The Morgan fingerprint density at radius 2 is 1.73 bits per heavy atom. The molecule has 0 radical (unpaired) electrons. The van der Waals surface area contributed by atoms with E-state index in [1.165, 1.54) is 0 Å². The molecule has 1 spiro atoms. The first-order chi connectivity index (χ1) is 6.91. The van der Waals surface area contributed by atoms with E-state index < -0.39 is 23.9 Å². The zero-order valence-electron chi connectivity index (χ0n) is 8.22. The van der Waals surface area contributed by atoms with Gasteiger partial charge in [0.05, 0.1) is 19.1 Å². The second-order valence-corrected chi connectivity index (χ2v) is 4.25. The van der Waals surface area contributed by atoms with Gasteiger partial charge in [-0.05, 0) is 6.42 Å². The Morgan fingerprint density at radius 1 is 1.13 bits per heavy atom. The Balaban J connectivity index is 2.10. The fourth-order valence-corrected chi connectivity index (χ4v) is 2.37. The molecule has 3 nitrogen and oxygen atoms in total. The van der Waals surface area contributed by atoms with E-state index >= 15 is 0 Å². The Morgan fingerprint density at radius 3 is 2.27 bits per heavy atom. The minimum Gasteiger partial charge on any atom is -0.347 e. The fourth-order valence-electron chi connectivity index (χ4n) is 2.37. The van der Waals surface area contributed by atoms with E-state index in [9.17, 15) is 13.2 Å². The van der Waals surface area contributed by atoms with Crippen molar-refractivity contribution in [1.29, 1.82) is 0 Å². The number of nitrogens with two attached hydrogens (primary N) is 1. The van der Waals surface area contributed by atoms with Crippen LogP contribution in [0.1, 0.15) is 19.3 Å². The van der Waals surface area contributed by atoms with Crippen LogP contribution in [-0.2, 0) is 9.47 Å². The summed E-state index contributed by atoms with van der Waals surface area (Å²) in [6.45, 7) is 0.717. The fraction of sp³-hybridized carbons (Fsp3) is 1.00. The number of rotatable bonds is 0. The van der Waals surface area contributed by atoms with Gasteiger partial charge in [-0.25, -0.2) is 0 Å². The highest BCUT2D eigenvalue weighted by Gasteiger charge is 2.52. The number of hydrogen-bond acceptors (Lipinski definition) is 3. The lowest BCUT2D eigenvalue weighted by Gasteiger charge is -2.39. The molecule has 2 fully saturated rings. The van der Waals surface area contributed by atoms with Crippen molar-refractivity contribution in [3.05, 3.63) is 0 Å². The molecule has 1 saturated heterocycles. The van der Waals surface area contributed by atoms with Crippen molar-refractivity contribution >= 4 is 0 Å². The van der Waals surface area contributed by atoms with E-state index in [1.807, 2.05) is 0 Å². The molecule has 0 unspecified atom stereocenters. The third kappa shape index (κ3) is 2.26. The maximum absolute atomic E-state index is 12.6. The standard InChI is InChI=1S/C9H14F3NO2/c10-9(11,12)6-3-7(13)5-8(4-6)14-1-2-15-8/h6-7H,1-5,13H2/t6-,7-/m0/s1. The lowest BCUT2D eigenvalue weighted by molar-refractivity contribution is -0.246. The molecule has 0 aromatic carbocycles. The predicted octanol–water partition coefficient (Wildman–Crippen LogP) is 1.42. The normalized spacial score (nSPS) is 36.0. The molecule has 2 atom stereocenters. The quantitative estimate of drug-likeness (QED) is 0.678. The summed E-state index contributed by atoms with van der Waals surface area (Å²) in [5.41, 5.74) is 5.62. The molecule has 0 aromatic rings. The molecule has 2 aliphatic rings. The highest BCUT2D eigenvalue weighted by atomic mass is 19.4. The zero-order valence-corrected chi connectivity index (χ0v) is 8.22. The molecule has 1 aliphatic heterocycles. The Kier molecular flexibility index (Phi) is 2.68.